The Balaban J connectivity index is -0.000000107. The number of unbranched alkanes of at least 4 members (excludes halogenated alkanes) is 1. The van der Waals surface area contributed by atoms with Crippen molar-refractivity contribution < 1.29 is 75.4 Å². The molecule has 0 aliphatic carbocycles. The molecular formula is C22H37O10Zr. The SMILES string of the molecule is CCC(C(C)=O)C(=O)[O-].CCC(C(C)=O)C(=O)[O-].CCC(C(C)=O)C(=O)[O-].CCCCO.[Zr+3]. The molecule has 189 valence electrons. The summed E-state index contributed by atoms with van der Waals surface area (Å²) in [6.07, 6.45) is 2.99. The van der Waals surface area contributed by atoms with Crippen LogP contribution in [0.4, 0.5) is 0 Å². The van der Waals surface area contributed by atoms with Crippen LogP contribution in [-0.2, 0) is 55.0 Å². The van der Waals surface area contributed by atoms with Crippen LogP contribution in [0.15, 0.2) is 0 Å². The Bertz CT molecular complexity index is 470. The van der Waals surface area contributed by atoms with Gasteiger partial charge in [-0.3, -0.25) is 14.4 Å². The zero-order valence-electron chi connectivity index (χ0n) is 20.6. The molecule has 0 heterocycles. The maximum Gasteiger partial charge on any atom is 3.00 e. The third-order valence-electron chi connectivity index (χ3n) is 4.06. The van der Waals surface area contributed by atoms with Gasteiger partial charge in [-0.15, -0.1) is 0 Å². The van der Waals surface area contributed by atoms with Crippen molar-refractivity contribution >= 4 is 35.3 Å². The molecule has 0 aliphatic rings. The maximum atomic E-state index is 10.4. The first kappa shape index (κ1) is 41.5. The Morgan fingerprint density at radius 1 is 0.606 bits per heavy atom. The van der Waals surface area contributed by atoms with Crippen molar-refractivity contribution in [3.05, 3.63) is 0 Å². The number of hydrogen-bond donors (Lipinski definition) is 1. The normalized spacial score (nSPS) is 11.6. The Labute approximate surface area is 215 Å². The molecule has 0 bridgehead atoms. The van der Waals surface area contributed by atoms with Crippen molar-refractivity contribution in [1.82, 2.24) is 0 Å². The molecule has 1 radical (unpaired) electrons. The second-order valence-electron chi connectivity index (χ2n) is 6.75. The van der Waals surface area contributed by atoms with Gasteiger partial charge in [0.25, 0.3) is 0 Å². The van der Waals surface area contributed by atoms with Gasteiger partial charge in [-0.05, 0) is 46.5 Å². The van der Waals surface area contributed by atoms with Gasteiger partial charge in [0.1, 0.15) is 17.3 Å². The summed E-state index contributed by atoms with van der Waals surface area (Å²) in [6.45, 7) is 11.1. The summed E-state index contributed by atoms with van der Waals surface area (Å²) in [7, 11) is 0. The molecule has 0 aromatic carbocycles. The van der Waals surface area contributed by atoms with E-state index in [1.54, 1.807) is 20.8 Å². The van der Waals surface area contributed by atoms with Crippen molar-refractivity contribution in [2.45, 2.75) is 80.6 Å². The van der Waals surface area contributed by atoms with Gasteiger partial charge in [-0.2, -0.15) is 0 Å². The standard InChI is InChI=1S/3C6H10O3.C4H10O.Zr/c3*1-3-5(4(2)7)6(8)9;1-2-3-4-5;/h3*5H,3H2,1-2H3,(H,8,9);5H,2-4H2,1H3;/q;;;;+3/p-3. The Morgan fingerprint density at radius 2 is 0.818 bits per heavy atom. The minimum atomic E-state index is -1.27. The number of Topliss-reactive ketones (excluding diaryl/α,β-unsaturated/α-hetero) is 3. The van der Waals surface area contributed by atoms with Crippen molar-refractivity contribution in [1.29, 1.82) is 0 Å². The van der Waals surface area contributed by atoms with Crippen LogP contribution in [0, 0.1) is 17.8 Å². The molecule has 0 saturated carbocycles. The molecule has 11 heteroatoms. The number of carbonyl (C=O) groups is 6. The quantitative estimate of drug-likeness (QED) is 0.305. The van der Waals surface area contributed by atoms with E-state index >= 15 is 0 Å². The number of hydrogen-bond acceptors (Lipinski definition) is 10. The van der Waals surface area contributed by atoms with E-state index in [-0.39, 0.29) is 43.6 Å². The summed E-state index contributed by atoms with van der Waals surface area (Å²) in [5, 5.41) is 38.2. The van der Waals surface area contributed by atoms with Gasteiger partial charge in [0.2, 0.25) is 0 Å². The molecule has 33 heavy (non-hydrogen) atoms. The Kier molecular flexibility index (Phi) is 33.4. The van der Waals surface area contributed by atoms with Crippen molar-refractivity contribution in [3.8, 4) is 0 Å². The van der Waals surface area contributed by atoms with Crippen LogP contribution >= 0.6 is 0 Å². The van der Waals surface area contributed by atoms with Crippen LogP contribution in [0.1, 0.15) is 80.6 Å². The third-order valence-corrected chi connectivity index (χ3v) is 4.06. The Hall–Kier alpha value is -1.74. The van der Waals surface area contributed by atoms with Crippen LogP contribution < -0.4 is 15.3 Å². The number of aliphatic carboxylic acids is 3. The number of aliphatic hydroxyl groups excluding tert-OH is 1. The summed E-state index contributed by atoms with van der Waals surface area (Å²) >= 11 is 0. The number of ketones is 3. The molecule has 1 N–H and O–H groups in total. The molecule has 0 rings (SSSR count). The number of carbonyl (C=O) groups excluding carboxylic acids is 6. The maximum absolute atomic E-state index is 10.4. The van der Waals surface area contributed by atoms with Gasteiger partial charge in [-0.25, -0.2) is 0 Å². The van der Waals surface area contributed by atoms with Crippen molar-refractivity contribution in [3.63, 3.8) is 0 Å². The minimum absolute atomic E-state index is 0. The average Bonchev–Trinajstić information content (AvgIpc) is 2.63. The summed E-state index contributed by atoms with van der Waals surface area (Å²) < 4.78 is 0. The van der Waals surface area contributed by atoms with Crippen LogP contribution in [0.5, 0.6) is 0 Å². The van der Waals surface area contributed by atoms with E-state index in [2.05, 4.69) is 6.92 Å². The summed E-state index contributed by atoms with van der Waals surface area (Å²) in [4.78, 5) is 61.3. The first-order chi connectivity index (χ1) is 14.7. The summed E-state index contributed by atoms with van der Waals surface area (Å²) in [5.41, 5.74) is 0. The molecule has 0 aliphatic heterocycles. The fraction of sp³-hybridized carbons (Fsp3) is 0.727. The molecular weight excluding hydrogens is 515 g/mol. The third kappa shape index (κ3) is 26.4. The topological polar surface area (TPSA) is 192 Å². The first-order valence-electron chi connectivity index (χ1n) is 10.4. The average molecular weight is 553 g/mol. The smallest absolute Gasteiger partial charge is 0.549 e. The van der Waals surface area contributed by atoms with E-state index in [0.717, 1.165) is 12.8 Å². The summed E-state index contributed by atoms with van der Waals surface area (Å²) in [6, 6.07) is 0. The molecule has 0 fully saturated rings. The monoisotopic (exact) mass is 551 g/mol. The molecule has 0 spiro atoms. The predicted octanol–water partition coefficient (Wildman–Crippen LogP) is -1.17. The zero-order chi connectivity index (χ0) is 26.4. The van der Waals surface area contributed by atoms with Crippen LogP contribution in [0.2, 0.25) is 0 Å². The fourth-order valence-electron chi connectivity index (χ4n) is 2.02. The minimum Gasteiger partial charge on any atom is -0.549 e. The Morgan fingerprint density at radius 3 is 0.818 bits per heavy atom. The largest absolute Gasteiger partial charge is 3.00 e. The van der Waals surface area contributed by atoms with Gasteiger partial charge in [0, 0.05) is 6.61 Å². The number of carboxylic acids is 3. The van der Waals surface area contributed by atoms with E-state index in [9.17, 15) is 44.1 Å². The molecule has 0 aromatic rings. The predicted molar refractivity (Wildman–Crippen MR) is 110 cm³/mol. The van der Waals surface area contributed by atoms with Crippen LogP contribution in [-0.4, -0.2) is 47.0 Å². The molecule has 3 atom stereocenters. The van der Waals surface area contributed by atoms with Crippen LogP contribution in [0.3, 0.4) is 0 Å². The van der Waals surface area contributed by atoms with E-state index in [1.165, 1.54) is 20.8 Å². The molecule has 10 nitrogen and oxygen atoms in total. The summed E-state index contributed by atoms with van der Waals surface area (Å²) in [5.74, 6) is -7.56. The second kappa shape index (κ2) is 26.5. The molecule has 0 aromatic heterocycles. The molecule has 0 saturated heterocycles. The van der Waals surface area contributed by atoms with E-state index < -0.39 is 35.7 Å². The van der Waals surface area contributed by atoms with E-state index in [0.29, 0.717) is 25.9 Å². The number of rotatable bonds is 11. The fourth-order valence-corrected chi connectivity index (χ4v) is 2.02. The molecule has 0 amide bonds. The van der Waals surface area contributed by atoms with Crippen molar-refractivity contribution in [2.24, 2.45) is 17.8 Å². The van der Waals surface area contributed by atoms with Crippen LogP contribution in [0.25, 0.3) is 0 Å². The molecule has 3 unspecified atom stereocenters. The van der Waals surface area contributed by atoms with Gasteiger partial charge in [0.05, 0.1) is 35.7 Å². The van der Waals surface area contributed by atoms with Gasteiger partial charge in [0.15, 0.2) is 0 Å². The van der Waals surface area contributed by atoms with Crippen molar-refractivity contribution in [2.75, 3.05) is 6.61 Å². The zero-order valence-corrected chi connectivity index (χ0v) is 23.1. The van der Waals surface area contributed by atoms with E-state index in [4.69, 9.17) is 5.11 Å². The van der Waals surface area contributed by atoms with E-state index in [1.807, 2.05) is 0 Å². The van der Waals surface area contributed by atoms with Gasteiger partial charge in [-0.1, -0.05) is 34.1 Å². The number of carboxylic acid groups (broad SMARTS) is 3. The van der Waals surface area contributed by atoms with Gasteiger partial charge < -0.3 is 34.8 Å². The first-order valence-corrected chi connectivity index (χ1v) is 10.4. The number of aliphatic hydroxyl groups is 1. The second-order valence-corrected chi connectivity index (χ2v) is 6.75. The van der Waals surface area contributed by atoms with Gasteiger partial charge >= 0.3 is 26.2 Å².